The Morgan fingerprint density at radius 2 is 2.19 bits per heavy atom. The highest BCUT2D eigenvalue weighted by Gasteiger charge is 2.25. The smallest absolute Gasteiger partial charge is 0.249 e. The normalized spacial score (nSPS) is 21.6. The van der Waals surface area contributed by atoms with Crippen LogP contribution in [0.4, 0.5) is 0 Å². The van der Waals surface area contributed by atoms with Crippen molar-refractivity contribution in [2.24, 2.45) is 5.73 Å². The van der Waals surface area contributed by atoms with Crippen LogP contribution in [-0.4, -0.2) is 29.9 Å². The molecule has 94 valence electrons. The van der Waals surface area contributed by atoms with Crippen molar-refractivity contribution in [3.8, 4) is 0 Å². The fourth-order valence-corrected chi connectivity index (χ4v) is 2.13. The van der Waals surface area contributed by atoms with Gasteiger partial charge in [-0.25, -0.2) is 0 Å². The molecule has 1 unspecified atom stereocenters. The SMILES string of the molecule is CCC=C(C)C(=O)N1CCCCC1CN.Cl. The van der Waals surface area contributed by atoms with Crippen LogP contribution in [0.2, 0.25) is 0 Å². The average Bonchev–Trinajstić information content (AvgIpc) is 2.28. The van der Waals surface area contributed by atoms with Gasteiger partial charge in [0.25, 0.3) is 0 Å². The Hall–Kier alpha value is -0.540. The molecule has 0 aromatic rings. The number of amides is 1. The summed E-state index contributed by atoms with van der Waals surface area (Å²) in [5.74, 6) is 0.173. The Labute approximate surface area is 104 Å². The summed E-state index contributed by atoms with van der Waals surface area (Å²) in [4.78, 5) is 14.0. The Morgan fingerprint density at radius 1 is 1.50 bits per heavy atom. The Morgan fingerprint density at radius 3 is 2.75 bits per heavy atom. The molecule has 0 bridgehead atoms. The van der Waals surface area contributed by atoms with Crippen molar-refractivity contribution < 1.29 is 4.79 Å². The van der Waals surface area contributed by atoms with Crippen LogP contribution in [0.3, 0.4) is 0 Å². The maximum atomic E-state index is 12.1. The molecule has 3 nitrogen and oxygen atoms in total. The minimum Gasteiger partial charge on any atom is -0.335 e. The molecule has 1 amide bonds. The number of rotatable bonds is 3. The third-order valence-corrected chi connectivity index (χ3v) is 3.01. The number of halogens is 1. The number of piperidine rings is 1. The largest absolute Gasteiger partial charge is 0.335 e. The van der Waals surface area contributed by atoms with E-state index in [1.54, 1.807) is 0 Å². The van der Waals surface area contributed by atoms with Gasteiger partial charge in [-0.1, -0.05) is 13.0 Å². The van der Waals surface area contributed by atoms with Gasteiger partial charge in [-0.3, -0.25) is 4.79 Å². The molecule has 1 rings (SSSR count). The monoisotopic (exact) mass is 246 g/mol. The molecule has 0 aliphatic carbocycles. The second-order valence-electron chi connectivity index (χ2n) is 4.18. The van der Waals surface area contributed by atoms with Gasteiger partial charge < -0.3 is 10.6 Å². The van der Waals surface area contributed by atoms with Crippen molar-refractivity contribution in [3.63, 3.8) is 0 Å². The van der Waals surface area contributed by atoms with Crippen molar-refractivity contribution in [1.82, 2.24) is 4.90 Å². The molecule has 0 radical (unpaired) electrons. The first-order chi connectivity index (χ1) is 7.20. The van der Waals surface area contributed by atoms with Crippen molar-refractivity contribution in [1.29, 1.82) is 0 Å². The Balaban J connectivity index is 0.00000225. The van der Waals surface area contributed by atoms with E-state index in [1.807, 2.05) is 24.8 Å². The number of carbonyl (C=O) groups is 1. The molecule has 1 heterocycles. The van der Waals surface area contributed by atoms with E-state index in [0.29, 0.717) is 6.54 Å². The number of nitrogens with zero attached hydrogens (tertiary/aromatic N) is 1. The lowest BCUT2D eigenvalue weighted by Gasteiger charge is -2.35. The lowest BCUT2D eigenvalue weighted by atomic mass is 10.0. The van der Waals surface area contributed by atoms with E-state index in [4.69, 9.17) is 5.73 Å². The summed E-state index contributed by atoms with van der Waals surface area (Å²) in [7, 11) is 0. The van der Waals surface area contributed by atoms with Crippen molar-refractivity contribution in [2.45, 2.75) is 45.6 Å². The zero-order chi connectivity index (χ0) is 11.3. The third-order valence-electron chi connectivity index (χ3n) is 3.01. The van der Waals surface area contributed by atoms with Gasteiger partial charge in [-0.05, 0) is 32.6 Å². The van der Waals surface area contributed by atoms with Gasteiger partial charge in [-0.15, -0.1) is 12.4 Å². The van der Waals surface area contributed by atoms with E-state index in [9.17, 15) is 4.79 Å². The molecule has 4 heteroatoms. The first-order valence-corrected chi connectivity index (χ1v) is 5.88. The topological polar surface area (TPSA) is 46.3 Å². The van der Waals surface area contributed by atoms with Gasteiger partial charge in [0.1, 0.15) is 0 Å². The molecule has 16 heavy (non-hydrogen) atoms. The number of allylic oxidation sites excluding steroid dienone is 1. The van der Waals surface area contributed by atoms with Gasteiger partial charge >= 0.3 is 0 Å². The summed E-state index contributed by atoms with van der Waals surface area (Å²) in [6.07, 6.45) is 6.27. The lowest BCUT2D eigenvalue weighted by molar-refractivity contribution is -0.130. The first-order valence-electron chi connectivity index (χ1n) is 5.88. The molecule has 1 fully saturated rings. The second-order valence-corrected chi connectivity index (χ2v) is 4.18. The van der Waals surface area contributed by atoms with E-state index in [0.717, 1.165) is 31.4 Å². The maximum Gasteiger partial charge on any atom is 0.249 e. The van der Waals surface area contributed by atoms with Gasteiger partial charge in [0.2, 0.25) is 5.91 Å². The molecule has 0 aromatic carbocycles. The molecular weight excluding hydrogens is 224 g/mol. The van der Waals surface area contributed by atoms with Crippen LogP contribution >= 0.6 is 12.4 Å². The van der Waals surface area contributed by atoms with Crippen molar-refractivity contribution >= 4 is 18.3 Å². The summed E-state index contributed by atoms with van der Waals surface area (Å²) >= 11 is 0. The molecule has 1 saturated heterocycles. The van der Waals surface area contributed by atoms with Crippen LogP contribution in [0.25, 0.3) is 0 Å². The highest BCUT2D eigenvalue weighted by atomic mass is 35.5. The quantitative estimate of drug-likeness (QED) is 0.776. The summed E-state index contributed by atoms with van der Waals surface area (Å²) in [6, 6.07) is 0.256. The molecular formula is C12H23ClN2O. The number of likely N-dealkylation sites (tertiary alicyclic amines) is 1. The maximum absolute atomic E-state index is 12.1. The minimum absolute atomic E-state index is 0. The third kappa shape index (κ3) is 3.80. The number of hydrogen-bond donors (Lipinski definition) is 1. The number of hydrogen-bond acceptors (Lipinski definition) is 2. The van der Waals surface area contributed by atoms with Gasteiger partial charge in [0.05, 0.1) is 0 Å². The summed E-state index contributed by atoms with van der Waals surface area (Å²) in [5.41, 5.74) is 6.55. The fraction of sp³-hybridized carbons (Fsp3) is 0.750. The zero-order valence-electron chi connectivity index (χ0n) is 10.2. The van der Waals surface area contributed by atoms with Crippen LogP contribution in [0, 0.1) is 0 Å². The molecule has 2 N–H and O–H groups in total. The van der Waals surface area contributed by atoms with E-state index < -0.39 is 0 Å². The van der Waals surface area contributed by atoms with E-state index in [1.165, 1.54) is 6.42 Å². The average molecular weight is 247 g/mol. The van der Waals surface area contributed by atoms with Gasteiger partial charge in [-0.2, -0.15) is 0 Å². The highest BCUT2D eigenvalue weighted by Crippen LogP contribution is 2.18. The molecule has 1 atom stereocenters. The van der Waals surface area contributed by atoms with E-state index >= 15 is 0 Å². The molecule has 0 saturated carbocycles. The second kappa shape index (κ2) is 7.69. The van der Waals surface area contributed by atoms with Crippen LogP contribution in [0.15, 0.2) is 11.6 Å². The van der Waals surface area contributed by atoms with Crippen LogP contribution in [0.1, 0.15) is 39.5 Å². The molecule has 0 spiro atoms. The predicted molar refractivity (Wildman–Crippen MR) is 69.7 cm³/mol. The Kier molecular flexibility index (Phi) is 7.43. The molecule has 1 aliphatic heterocycles. The van der Waals surface area contributed by atoms with E-state index in [-0.39, 0.29) is 24.4 Å². The van der Waals surface area contributed by atoms with E-state index in [2.05, 4.69) is 0 Å². The van der Waals surface area contributed by atoms with Gasteiger partial charge in [0.15, 0.2) is 0 Å². The van der Waals surface area contributed by atoms with Gasteiger partial charge in [0, 0.05) is 24.7 Å². The summed E-state index contributed by atoms with van der Waals surface area (Å²) in [6.45, 7) is 5.40. The number of carbonyl (C=O) groups excluding carboxylic acids is 1. The predicted octanol–water partition coefficient (Wildman–Crippen LogP) is 2.10. The van der Waals surface area contributed by atoms with Crippen molar-refractivity contribution in [2.75, 3.05) is 13.1 Å². The standard InChI is InChI=1S/C12H22N2O.ClH/c1-3-6-10(2)12(15)14-8-5-4-7-11(14)9-13;/h6,11H,3-5,7-9,13H2,1-2H3;1H. The minimum atomic E-state index is 0. The summed E-state index contributed by atoms with van der Waals surface area (Å²) in [5, 5.41) is 0. The number of nitrogens with two attached hydrogens (primary N) is 1. The highest BCUT2D eigenvalue weighted by molar-refractivity contribution is 5.93. The van der Waals surface area contributed by atoms with Crippen molar-refractivity contribution in [3.05, 3.63) is 11.6 Å². The van der Waals surface area contributed by atoms with Crippen LogP contribution in [-0.2, 0) is 4.79 Å². The first kappa shape index (κ1) is 15.5. The lowest BCUT2D eigenvalue weighted by Crippen LogP contribution is -2.47. The molecule has 0 aromatic heterocycles. The molecule has 1 aliphatic rings. The zero-order valence-corrected chi connectivity index (χ0v) is 11.1. The van der Waals surface area contributed by atoms with Crippen LogP contribution in [0.5, 0.6) is 0 Å². The summed E-state index contributed by atoms with van der Waals surface area (Å²) < 4.78 is 0. The van der Waals surface area contributed by atoms with Crippen LogP contribution < -0.4 is 5.73 Å². The fourth-order valence-electron chi connectivity index (χ4n) is 2.13. The Bertz CT molecular complexity index is 253.